The van der Waals surface area contributed by atoms with Crippen LogP contribution < -0.4 is 0 Å². The number of esters is 1. The minimum atomic E-state index is -0.579. The monoisotopic (exact) mass is 400 g/mol. The van der Waals surface area contributed by atoms with Gasteiger partial charge in [0.05, 0.1) is 21.1 Å². The van der Waals surface area contributed by atoms with Crippen LogP contribution in [0.15, 0.2) is 0 Å². The zero-order valence-electron chi connectivity index (χ0n) is 19.5. The number of hydrogen-bond donors (Lipinski definition) is 1. The highest BCUT2D eigenvalue weighted by molar-refractivity contribution is 5.69. The van der Waals surface area contributed by atoms with Gasteiger partial charge < -0.3 is 14.3 Å². The molecule has 0 saturated carbocycles. The zero-order valence-corrected chi connectivity index (χ0v) is 19.5. The Labute approximate surface area is 175 Å². The highest BCUT2D eigenvalue weighted by Gasteiger charge is 2.17. The summed E-state index contributed by atoms with van der Waals surface area (Å²) < 4.78 is 5.83. The molecule has 0 fully saturated rings. The second-order valence-electron chi connectivity index (χ2n) is 9.51. The summed E-state index contributed by atoms with van der Waals surface area (Å²) in [5, 5.41) is 9.84. The minimum absolute atomic E-state index is 0.118. The Hall–Kier alpha value is -0.610. The van der Waals surface area contributed by atoms with Crippen molar-refractivity contribution >= 4 is 5.97 Å². The van der Waals surface area contributed by atoms with E-state index in [1.807, 2.05) is 21.1 Å². The smallest absolute Gasteiger partial charge is 0.305 e. The molecule has 0 aliphatic carbocycles. The van der Waals surface area contributed by atoms with Crippen molar-refractivity contribution in [3.05, 3.63) is 0 Å². The van der Waals surface area contributed by atoms with Crippen molar-refractivity contribution in [1.29, 1.82) is 0 Å². The number of carbonyl (C=O) groups is 1. The summed E-state index contributed by atoms with van der Waals surface area (Å²) in [6.07, 6.45) is 19.8. The van der Waals surface area contributed by atoms with E-state index in [-0.39, 0.29) is 12.6 Å². The van der Waals surface area contributed by atoms with Crippen molar-refractivity contribution in [2.45, 2.75) is 116 Å². The Morgan fingerprint density at radius 1 is 0.750 bits per heavy atom. The van der Waals surface area contributed by atoms with E-state index >= 15 is 0 Å². The molecule has 0 aromatic heterocycles. The molecule has 0 saturated heterocycles. The molecule has 0 spiro atoms. The first-order valence-electron chi connectivity index (χ1n) is 12.0. The first-order valence-corrected chi connectivity index (χ1v) is 12.0. The summed E-state index contributed by atoms with van der Waals surface area (Å²) >= 11 is 0. The van der Waals surface area contributed by atoms with Crippen LogP contribution >= 0.6 is 0 Å². The first kappa shape index (κ1) is 27.4. The fourth-order valence-corrected chi connectivity index (χ4v) is 3.59. The van der Waals surface area contributed by atoms with Crippen LogP contribution in [0.5, 0.6) is 0 Å². The Morgan fingerprint density at radius 2 is 1.14 bits per heavy atom. The maximum Gasteiger partial charge on any atom is 0.305 e. The van der Waals surface area contributed by atoms with E-state index in [1.165, 1.54) is 83.5 Å². The molecular formula is C24H50NO3+. The predicted octanol–water partition coefficient (Wildman–Crippen LogP) is 5.86. The Kier molecular flexibility index (Phi) is 18.0. The third kappa shape index (κ3) is 21.7. The second-order valence-corrected chi connectivity index (χ2v) is 9.51. The van der Waals surface area contributed by atoms with Gasteiger partial charge in [-0.2, -0.15) is 0 Å². The lowest BCUT2D eigenvalue weighted by molar-refractivity contribution is -0.873. The van der Waals surface area contributed by atoms with Gasteiger partial charge in [0.2, 0.25) is 0 Å². The summed E-state index contributed by atoms with van der Waals surface area (Å²) in [6, 6.07) is 0. The van der Waals surface area contributed by atoms with Crippen molar-refractivity contribution in [3.63, 3.8) is 0 Å². The normalized spacial score (nSPS) is 12.9. The topological polar surface area (TPSA) is 46.5 Å². The third-order valence-electron chi connectivity index (χ3n) is 5.18. The van der Waals surface area contributed by atoms with Gasteiger partial charge in [0.15, 0.2) is 0 Å². The van der Waals surface area contributed by atoms with Gasteiger partial charge in [-0.15, -0.1) is 0 Å². The molecule has 0 aliphatic rings. The van der Waals surface area contributed by atoms with E-state index in [0.717, 1.165) is 12.8 Å². The number of likely N-dealkylation sites (N-methyl/N-ethyl adjacent to an activating group) is 1. The van der Waals surface area contributed by atoms with Crippen molar-refractivity contribution in [3.8, 4) is 0 Å². The van der Waals surface area contributed by atoms with E-state index < -0.39 is 6.10 Å². The highest BCUT2D eigenvalue weighted by Crippen LogP contribution is 2.13. The summed E-state index contributed by atoms with van der Waals surface area (Å²) in [5.74, 6) is -0.171. The molecule has 0 heterocycles. The van der Waals surface area contributed by atoms with Crippen LogP contribution in [-0.4, -0.2) is 56.0 Å². The number of carbonyl (C=O) groups excluding carboxylic acids is 1. The Balaban J connectivity index is 3.27. The SMILES string of the molecule is CCCCCCCCCCCCCCCCCC(=O)OCC(O)C[N+](C)(C)C. The Bertz CT molecular complexity index is 352. The van der Waals surface area contributed by atoms with E-state index in [1.54, 1.807) is 0 Å². The van der Waals surface area contributed by atoms with Gasteiger partial charge in [-0.05, 0) is 6.42 Å². The van der Waals surface area contributed by atoms with Gasteiger partial charge in [-0.3, -0.25) is 4.79 Å². The summed E-state index contributed by atoms with van der Waals surface area (Å²) in [5.41, 5.74) is 0. The largest absolute Gasteiger partial charge is 0.463 e. The molecule has 1 N–H and O–H groups in total. The van der Waals surface area contributed by atoms with Crippen LogP contribution in [0, 0.1) is 0 Å². The molecule has 168 valence electrons. The van der Waals surface area contributed by atoms with Crippen LogP contribution in [0.3, 0.4) is 0 Å². The molecule has 0 aromatic rings. The fraction of sp³-hybridized carbons (Fsp3) is 0.958. The molecule has 4 heteroatoms. The van der Waals surface area contributed by atoms with Crippen molar-refractivity contribution in [2.24, 2.45) is 0 Å². The van der Waals surface area contributed by atoms with Gasteiger partial charge in [0.25, 0.3) is 0 Å². The molecule has 0 aromatic carbocycles. The fourth-order valence-electron chi connectivity index (χ4n) is 3.59. The van der Waals surface area contributed by atoms with Crippen LogP contribution in [-0.2, 0) is 9.53 Å². The average molecular weight is 401 g/mol. The third-order valence-corrected chi connectivity index (χ3v) is 5.18. The van der Waals surface area contributed by atoms with E-state index in [9.17, 15) is 9.90 Å². The molecular weight excluding hydrogens is 350 g/mol. The van der Waals surface area contributed by atoms with E-state index in [4.69, 9.17) is 4.74 Å². The number of aliphatic hydroxyl groups is 1. The average Bonchev–Trinajstić information content (AvgIpc) is 2.62. The van der Waals surface area contributed by atoms with Crippen molar-refractivity contribution in [1.82, 2.24) is 0 Å². The lowest BCUT2D eigenvalue weighted by Gasteiger charge is -2.26. The van der Waals surface area contributed by atoms with Crippen molar-refractivity contribution in [2.75, 3.05) is 34.3 Å². The maximum atomic E-state index is 11.7. The van der Waals surface area contributed by atoms with Gasteiger partial charge in [0, 0.05) is 6.42 Å². The lowest BCUT2D eigenvalue weighted by atomic mass is 10.0. The number of hydrogen-bond acceptors (Lipinski definition) is 3. The molecule has 0 aliphatic heterocycles. The summed E-state index contributed by atoms with van der Waals surface area (Å²) in [6.45, 7) is 2.98. The Morgan fingerprint density at radius 3 is 1.54 bits per heavy atom. The number of quaternary nitrogens is 1. The molecule has 0 amide bonds. The number of ether oxygens (including phenoxy) is 1. The highest BCUT2D eigenvalue weighted by atomic mass is 16.5. The quantitative estimate of drug-likeness (QED) is 0.158. The van der Waals surface area contributed by atoms with Crippen LogP contribution in [0.4, 0.5) is 0 Å². The molecule has 1 atom stereocenters. The molecule has 1 unspecified atom stereocenters. The number of rotatable bonds is 20. The number of unbranched alkanes of at least 4 members (excludes halogenated alkanes) is 14. The summed E-state index contributed by atoms with van der Waals surface area (Å²) in [7, 11) is 6.04. The molecule has 0 radical (unpaired) electrons. The van der Waals surface area contributed by atoms with Gasteiger partial charge >= 0.3 is 5.97 Å². The molecule has 0 rings (SSSR count). The summed E-state index contributed by atoms with van der Waals surface area (Å²) in [4.78, 5) is 11.7. The van der Waals surface area contributed by atoms with Gasteiger partial charge in [-0.1, -0.05) is 96.8 Å². The van der Waals surface area contributed by atoms with Crippen LogP contribution in [0.2, 0.25) is 0 Å². The van der Waals surface area contributed by atoms with Gasteiger partial charge in [0.1, 0.15) is 19.3 Å². The number of aliphatic hydroxyl groups excluding tert-OH is 1. The second kappa shape index (κ2) is 18.4. The lowest BCUT2D eigenvalue weighted by Crippen LogP contribution is -2.43. The standard InChI is InChI=1S/C24H50NO3/c1-5-6-7-8-9-10-11-12-13-14-15-16-17-18-19-20-24(27)28-22-23(26)21-25(2,3)4/h23,26H,5-22H2,1-4H3/q+1. The predicted molar refractivity (Wildman–Crippen MR) is 119 cm³/mol. The molecule has 4 nitrogen and oxygen atoms in total. The van der Waals surface area contributed by atoms with E-state index in [2.05, 4.69) is 6.92 Å². The zero-order chi connectivity index (χ0) is 21.1. The van der Waals surface area contributed by atoms with Crippen molar-refractivity contribution < 1.29 is 19.1 Å². The van der Waals surface area contributed by atoms with E-state index in [0.29, 0.717) is 17.4 Å². The first-order chi connectivity index (χ1) is 13.3. The van der Waals surface area contributed by atoms with Crippen LogP contribution in [0.25, 0.3) is 0 Å². The molecule has 0 bridgehead atoms. The number of nitrogens with zero attached hydrogens (tertiary/aromatic N) is 1. The minimum Gasteiger partial charge on any atom is -0.463 e. The van der Waals surface area contributed by atoms with Gasteiger partial charge in [-0.25, -0.2) is 0 Å². The van der Waals surface area contributed by atoms with Crippen LogP contribution in [0.1, 0.15) is 110 Å². The molecule has 28 heavy (non-hydrogen) atoms. The maximum absolute atomic E-state index is 11.7.